The summed E-state index contributed by atoms with van der Waals surface area (Å²) >= 11 is 0. The maximum Gasteiger partial charge on any atom is 0.169 e. The highest BCUT2D eigenvalue weighted by molar-refractivity contribution is 5.41. The number of nitrogens with zero attached hydrogens (tertiary/aromatic N) is 3. The fourth-order valence-electron chi connectivity index (χ4n) is 1.29. The first kappa shape index (κ1) is 10.5. The van der Waals surface area contributed by atoms with Crippen LogP contribution in [0.1, 0.15) is 5.69 Å². The van der Waals surface area contributed by atoms with Crippen molar-refractivity contribution in [3.05, 3.63) is 35.3 Å². The first-order valence-corrected chi connectivity index (χ1v) is 4.33. The largest absolute Gasteiger partial charge is 0.381 e. The van der Waals surface area contributed by atoms with Gasteiger partial charge in [0.25, 0.3) is 0 Å². The van der Waals surface area contributed by atoms with Gasteiger partial charge in [0.15, 0.2) is 17.5 Å². The summed E-state index contributed by atoms with van der Waals surface area (Å²) in [7, 11) is 0. The number of aromatic nitrogens is 3. The van der Waals surface area contributed by atoms with Crippen LogP contribution in [-0.2, 0) is 0 Å². The second kappa shape index (κ2) is 3.51. The van der Waals surface area contributed by atoms with E-state index in [1.54, 1.807) is 0 Å². The zero-order valence-corrected chi connectivity index (χ0v) is 8.21. The quantitative estimate of drug-likeness (QED) is 0.806. The normalized spacial score (nSPS) is 10.8. The van der Waals surface area contributed by atoms with Gasteiger partial charge in [0, 0.05) is 12.1 Å². The Hall–Kier alpha value is -2.05. The van der Waals surface area contributed by atoms with E-state index in [0.717, 1.165) is 4.68 Å². The van der Waals surface area contributed by atoms with Crippen molar-refractivity contribution in [3.63, 3.8) is 0 Å². The molecule has 2 N–H and O–H groups in total. The Balaban J connectivity index is 2.69. The van der Waals surface area contributed by atoms with Gasteiger partial charge in [0.05, 0.1) is 5.69 Å². The van der Waals surface area contributed by atoms with Crippen molar-refractivity contribution < 1.29 is 13.2 Å². The Bertz CT molecular complexity index is 527. The Labute approximate surface area is 88.5 Å². The van der Waals surface area contributed by atoms with Gasteiger partial charge in [-0.15, -0.1) is 5.10 Å². The molecular weight excluding hydrogens is 221 g/mol. The van der Waals surface area contributed by atoms with Crippen LogP contribution in [0.2, 0.25) is 0 Å². The number of nitrogen functional groups attached to an aromatic ring is 1. The summed E-state index contributed by atoms with van der Waals surface area (Å²) in [5.41, 5.74) is 5.18. The monoisotopic (exact) mass is 228 g/mol. The van der Waals surface area contributed by atoms with Crippen molar-refractivity contribution in [3.8, 4) is 5.69 Å². The van der Waals surface area contributed by atoms with Crippen LogP contribution < -0.4 is 5.73 Å². The molecule has 0 aliphatic heterocycles. The van der Waals surface area contributed by atoms with Gasteiger partial charge in [-0.1, -0.05) is 5.21 Å². The topological polar surface area (TPSA) is 56.7 Å². The molecule has 0 aliphatic carbocycles. The lowest BCUT2D eigenvalue weighted by Gasteiger charge is -2.06. The Morgan fingerprint density at radius 2 is 1.75 bits per heavy atom. The lowest BCUT2D eigenvalue weighted by molar-refractivity contribution is 0.524. The van der Waals surface area contributed by atoms with Crippen molar-refractivity contribution in [2.45, 2.75) is 6.92 Å². The van der Waals surface area contributed by atoms with E-state index in [4.69, 9.17) is 5.73 Å². The van der Waals surface area contributed by atoms with E-state index in [-0.39, 0.29) is 11.5 Å². The molecule has 0 bridgehead atoms. The standard InChI is InChI=1S/C9H7F3N4/c1-4-9(13)14-15-16(4)8-6(11)2-5(10)3-7(8)12/h2-3H,13H2,1H3. The Kier molecular flexibility index (Phi) is 2.30. The van der Waals surface area contributed by atoms with Crippen LogP contribution in [0.3, 0.4) is 0 Å². The number of hydrogen-bond donors (Lipinski definition) is 1. The van der Waals surface area contributed by atoms with Gasteiger partial charge in [0.1, 0.15) is 11.5 Å². The summed E-state index contributed by atoms with van der Waals surface area (Å²) in [5.74, 6) is -3.07. The van der Waals surface area contributed by atoms with Gasteiger partial charge in [0.2, 0.25) is 0 Å². The maximum atomic E-state index is 13.4. The molecule has 0 unspecified atom stereocenters. The van der Waals surface area contributed by atoms with Crippen molar-refractivity contribution in [2.24, 2.45) is 0 Å². The first-order valence-electron chi connectivity index (χ1n) is 4.33. The third-order valence-corrected chi connectivity index (χ3v) is 2.12. The van der Waals surface area contributed by atoms with Gasteiger partial charge in [-0.05, 0) is 6.92 Å². The smallest absolute Gasteiger partial charge is 0.169 e. The molecule has 16 heavy (non-hydrogen) atoms. The van der Waals surface area contributed by atoms with Gasteiger partial charge in [-0.25, -0.2) is 17.9 Å². The third-order valence-electron chi connectivity index (χ3n) is 2.12. The number of anilines is 1. The summed E-state index contributed by atoms with van der Waals surface area (Å²) in [6.45, 7) is 1.50. The van der Waals surface area contributed by atoms with E-state index in [1.807, 2.05) is 0 Å². The van der Waals surface area contributed by atoms with Crippen molar-refractivity contribution >= 4 is 5.82 Å². The Morgan fingerprint density at radius 1 is 1.19 bits per heavy atom. The van der Waals surface area contributed by atoms with Crippen LogP contribution in [0.4, 0.5) is 19.0 Å². The summed E-state index contributed by atoms with van der Waals surface area (Å²) in [6.07, 6.45) is 0. The highest BCUT2D eigenvalue weighted by Crippen LogP contribution is 2.21. The predicted molar refractivity (Wildman–Crippen MR) is 50.4 cm³/mol. The van der Waals surface area contributed by atoms with Crippen LogP contribution in [0, 0.1) is 24.4 Å². The number of halogens is 3. The molecule has 0 fully saturated rings. The third kappa shape index (κ3) is 1.50. The minimum atomic E-state index is -1.06. The first-order chi connectivity index (χ1) is 7.50. The molecule has 7 heteroatoms. The number of hydrogen-bond acceptors (Lipinski definition) is 3. The molecule has 0 atom stereocenters. The molecule has 2 rings (SSSR count). The van der Waals surface area contributed by atoms with E-state index in [2.05, 4.69) is 10.3 Å². The Morgan fingerprint density at radius 3 is 2.19 bits per heavy atom. The van der Waals surface area contributed by atoms with Crippen LogP contribution in [0.25, 0.3) is 5.69 Å². The van der Waals surface area contributed by atoms with E-state index in [0.29, 0.717) is 12.1 Å². The van der Waals surface area contributed by atoms with Gasteiger partial charge >= 0.3 is 0 Å². The molecule has 1 aromatic carbocycles. The second-order valence-electron chi connectivity index (χ2n) is 3.19. The molecular formula is C9H7F3N4. The molecule has 0 saturated carbocycles. The number of rotatable bonds is 1. The average Bonchev–Trinajstić information content (AvgIpc) is 2.48. The number of benzene rings is 1. The second-order valence-corrected chi connectivity index (χ2v) is 3.19. The summed E-state index contributed by atoms with van der Waals surface area (Å²) in [5, 5.41) is 6.94. The van der Waals surface area contributed by atoms with Crippen LogP contribution >= 0.6 is 0 Å². The SMILES string of the molecule is Cc1c(N)nnn1-c1c(F)cc(F)cc1F. The molecule has 84 valence electrons. The summed E-state index contributed by atoms with van der Waals surface area (Å²) < 4.78 is 40.3. The van der Waals surface area contributed by atoms with Gasteiger partial charge in [-0.2, -0.15) is 0 Å². The predicted octanol–water partition coefficient (Wildman–Crippen LogP) is 1.58. The zero-order chi connectivity index (χ0) is 11.9. The molecule has 0 saturated heterocycles. The molecule has 2 aromatic rings. The molecule has 4 nitrogen and oxygen atoms in total. The fourth-order valence-corrected chi connectivity index (χ4v) is 1.29. The molecule has 1 heterocycles. The van der Waals surface area contributed by atoms with E-state index in [1.165, 1.54) is 6.92 Å². The highest BCUT2D eigenvalue weighted by atomic mass is 19.1. The van der Waals surface area contributed by atoms with Crippen LogP contribution in [0.15, 0.2) is 12.1 Å². The van der Waals surface area contributed by atoms with Crippen molar-refractivity contribution in [2.75, 3.05) is 5.73 Å². The van der Waals surface area contributed by atoms with Crippen molar-refractivity contribution in [1.29, 1.82) is 0 Å². The minimum absolute atomic E-state index is 0.0584. The van der Waals surface area contributed by atoms with Crippen molar-refractivity contribution in [1.82, 2.24) is 15.0 Å². The fraction of sp³-hybridized carbons (Fsp3) is 0.111. The molecule has 0 aliphatic rings. The van der Waals surface area contributed by atoms with Gasteiger partial charge in [-0.3, -0.25) is 0 Å². The molecule has 1 aromatic heterocycles. The van der Waals surface area contributed by atoms with Crippen LogP contribution in [-0.4, -0.2) is 15.0 Å². The summed E-state index contributed by atoms with van der Waals surface area (Å²) in [6, 6.07) is 1.13. The van der Waals surface area contributed by atoms with E-state index in [9.17, 15) is 13.2 Å². The zero-order valence-electron chi connectivity index (χ0n) is 8.21. The molecule has 0 spiro atoms. The lowest BCUT2D eigenvalue weighted by Crippen LogP contribution is -2.06. The average molecular weight is 228 g/mol. The summed E-state index contributed by atoms with van der Waals surface area (Å²) in [4.78, 5) is 0. The van der Waals surface area contributed by atoms with Gasteiger partial charge < -0.3 is 5.73 Å². The highest BCUT2D eigenvalue weighted by Gasteiger charge is 2.17. The van der Waals surface area contributed by atoms with E-state index < -0.39 is 23.1 Å². The number of nitrogens with two attached hydrogens (primary N) is 1. The molecule has 0 amide bonds. The van der Waals surface area contributed by atoms with E-state index >= 15 is 0 Å². The minimum Gasteiger partial charge on any atom is -0.381 e. The lowest BCUT2D eigenvalue weighted by atomic mass is 10.2. The molecule has 0 radical (unpaired) electrons. The van der Waals surface area contributed by atoms with Crippen LogP contribution in [0.5, 0.6) is 0 Å². The maximum absolute atomic E-state index is 13.4.